The highest BCUT2D eigenvalue weighted by Gasteiger charge is 2.18. The lowest BCUT2D eigenvalue weighted by Crippen LogP contribution is -2.43. The number of rotatable bonds is 5. The van der Waals surface area contributed by atoms with E-state index in [1.54, 1.807) is 13.0 Å². The predicted octanol–water partition coefficient (Wildman–Crippen LogP) is 1.20. The lowest BCUT2D eigenvalue weighted by atomic mass is 9.99. The molecule has 1 atom stereocenters. The summed E-state index contributed by atoms with van der Waals surface area (Å²) in [6, 6.07) is 1.24. The van der Waals surface area contributed by atoms with Crippen LogP contribution >= 0.6 is 0 Å². The van der Waals surface area contributed by atoms with Gasteiger partial charge in [-0.2, -0.15) is 0 Å². The number of aromatic nitrogens is 1. The molecule has 3 N–H and O–H groups in total. The highest BCUT2D eigenvalue weighted by atomic mass is 16.5. The summed E-state index contributed by atoms with van der Waals surface area (Å²) in [5, 5.41) is 18.8. The summed E-state index contributed by atoms with van der Waals surface area (Å²) in [7, 11) is 0. The Hall–Kier alpha value is -1.60. The van der Waals surface area contributed by atoms with Gasteiger partial charge in [-0.15, -0.1) is 0 Å². The number of urea groups is 1. The monoisotopic (exact) mass is 296 g/mol. The van der Waals surface area contributed by atoms with Gasteiger partial charge in [-0.3, -0.25) is 5.32 Å². The largest absolute Gasteiger partial charge is 0.390 e. The molecule has 1 fully saturated rings. The smallest absolute Gasteiger partial charge is 0.320 e. The van der Waals surface area contributed by atoms with Crippen molar-refractivity contribution < 1.29 is 14.4 Å². The van der Waals surface area contributed by atoms with Gasteiger partial charge in [0.25, 0.3) is 0 Å². The summed E-state index contributed by atoms with van der Waals surface area (Å²) < 4.78 is 4.85. The van der Waals surface area contributed by atoms with E-state index in [2.05, 4.69) is 27.6 Å². The molecular formula is C14H24N4O3. The first-order chi connectivity index (χ1) is 10.0. The third-order valence-electron chi connectivity index (χ3n) is 3.71. The van der Waals surface area contributed by atoms with Crippen molar-refractivity contribution in [3.8, 4) is 0 Å². The molecule has 1 aliphatic rings. The van der Waals surface area contributed by atoms with Crippen LogP contribution in [0.1, 0.15) is 25.5 Å². The fourth-order valence-electron chi connectivity index (χ4n) is 2.40. The van der Waals surface area contributed by atoms with Crippen molar-refractivity contribution in [1.82, 2.24) is 15.4 Å². The van der Waals surface area contributed by atoms with E-state index in [1.807, 2.05) is 0 Å². The van der Waals surface area contributed by atoms with Crippen LogP contribution in [0.2, 0.25) is 0 Å². The molecule has 2 rings (SSSR count). The quantitative estimate of drug-likeness (QED) is 0.759. The molecule has 1 aromatic heterocycles. The zero-order valence-corrected chi connectivity index (χ0v) is 12.6. The van der Waals surface area contributed by atoms with Crippen LogP contribution in [0.15, 0.2) is 10.6 Å². The van der Waals surface area contributed by atoms with Crippen molar-refractivity contribution in [2.24, 2.45) is 5.92 Å². The van der Waals surface area contributed by atoms with Crippen molar-refractivity contribution in [1.29, 1.82) is 0 Å². The Balaban J connectivity index is 1.64. The van der Waals surface area contributed by atoms with E-state index in [0.717, 1.165) is 19.0 Å². The van der Waals surface area contributed by atoms with E-state index in [0.29, 0.717) is 18.1 Å². The molecule has 1 aromatic rings. The minimum atomic E-state index is -0.566. The normalized spacial score (nSPS) is 18.4. The number of aliphatic hydroxyl groups is 1. The third-order valence-corrected chi connectivity index (χ3v) is 3.71. The van der Waals surface area contributed by atoms with Crippen molar-refractivity contribution in [2.75, 3.05) is 31.5 Å². The second-order valence-electron chi connectivity index (χ2n) is 5.79. The van der Waals surface area contributed by atoms with Crippen LogP contribution in [-0.2, 0) is 0 Å². The zero-order valence-electron chi connectivity index (χ0n) is 12.6. The Morgan fingerprint density at radius 1 is 1.57 bits per heavy atom. The van der Waals surface area contributed by atoms with Crippen LogP contribution < -0.4 is 10.6 Å². The fourth-order valence-corrected chi connectivity index (χ4v) is 2.40. The van der Waals surface area contributed by atoms with Crippen molar-refractivity contribution in [3.05, 3.63) is 11.8 Å². The van der Waals surface area contributed by atoms with E-state index in [9.17, 15) is 9.90 Å². The third kappa shape index (κ3) is 5.35. The van der Waals surface area contributed by atoms with E-state index in [1.165, 1.54) is 12.8 Å². The number of likely N-dealkylation sites (tertiary alicyclic amines) is 1. The standard InChI is InChI=1S/C14H24N4O3/c1-10-3-5-18(6-4-10)9-12(19)8-15-14(20)16-13-7-11(2)21-17-13/h7,10,12,19H,3-6,8-9H2,1-2H3,(H2,15,16,17,20). The lowest BCUT2D eigenvalue weighted by Gasteiger charge is -2.31. The number of piperidine rings is 1. The van der Waals surface area contributed by atoms with Gasteiger partial charge in [0.1, 0.15) is 5.76 Å². The first-order valence-electron chi connectivity index (χ1n) is 7.41. The molecule has 7 nitrogen and oxygen atoms in total. The summed E-state index contributed by atoms with van der Waals surface area (Å²) in [5.41, 5.74) is 0. The van der Waals surface area contributed by atoms with Gasteiger partial charge in [0.2, 0.25) is 0 Å². The maximum absolute atomic E-state index is 11.6. The molecule has 2 heterocycles. The number of carbonyl (C=O) groups excluding carboxylic acids is 1. The van der Waals surface area contributed by atoms with Crippen molar-refractivity contribution in [2.45, 2.75) is 32.8 Å². The van der Waals surface area contributed by atoms with Crippen LogP contribution in [-0.4, -0.2) is 53.5 Å². The molecule has 1 unspecified atom stereocenters. The molecule has 118 valence electrons. The van der Waals surface area contributed by atoms with Gasteiger partial charge in [0.15, 0.2) is 5.82 Å². The van der Waals surface area contributed by atoms with Crippen LogP contribution in [0.4, 0.5) is 10.6 Å². The van der Waals surface area contributed by atoms with E-state index in [4.69, 9.17) is 4.52 Å². The minimum absolute atomic E-state index is 0.217. The molecule has 0 aromatic carbocycles. The van der Waals surface area contributed by atoms with Crippen molar-refractivity contribution >= 4 is 11.8 Å². The van der Waals surface area contributed by atoms with Gasteiger partial charge < -0.3 is 19.8 Å². The predicted molar refractivity (Wildman–Crippen MR) is 79.1 cm³/mol. The second kappa shape index (κ2) is 7.42. The van der Waals surface area contributed by atoms with Crippen LogP contribution in [0.3, 0.4) is 0 Å². The van der Waals surface area contributed by atoms with Gasteiger partial charge in [-0.05, 0) is 38.8 Å². The fraction of sp³-hybridized carbons (Fsp3) is 0.714. The summed E-state index contributed by atoms with van der Waals surface area (Å²) in [6.45, 7) is 6.85. The Kier molecular flexibility index (Phi) is 5.58. The van der Waals surface area contributed by atoms with Gasteiger partial charge in [-0.1, -0.05) is 12.1 Å². The molecule has 0 spiro atoms. The highest BCUT2D eigenvalue weighted by molar-refractivity contribution is 5.88. The molecule has 2 amide bonds. The molecule has 1 aliphatic heterocycles. The topological polar surface area (TPSA) is 90.6 Å². The van der Waals surface area contributed by atoms with Crippen molar-refractivity contribution in [3.63, 3.8) is 0 Å². The average molecular weight is 296 g/mol. The highest BCUT2D eigenvalue weighted by Crippen LogP contribution is 2.15. The Labute approximate surface area is 124 Å². The van der Waals surface area contributed by atoms with Crippen LogP contribution in [0.25, 0.3) is 0 Å². The molecule has 7 heteroatoms. The number of carbonyl (C=O) groups is 1. The number of aryl methyl sites for hydroxylation is 1. The van der Waals surface area contributed by atoms with E-state index < -0.39 is 12.1 Å². The number of nitrogens with zero attached hydrogens (tertiary/aromatic N) is 2. The van der Waals surface area contributed by atoms with Gasteiger partial charge in [-0.25, -0.2) is 4.79 Å². The molecular weight excluding hydrogens is 272 g/mol. The van der Waals surface area contributed by atoms with Gasteiger partial charge >= 0.3 is 6.03 Å². The zero-order chi connectivity index (χ0) is 15.2. The van der Waals surface area contributed by atoms with Crippen LogP contribution in [0.5, 0.6) is 0 Å². The molecule has 1 saturated heterocycles. The van der Waals surface area contributed by atoms with E-state index in [-0.39, 0.29) is 6.54 Å². The van der Waals surface area contributed by atoms with Gasteiger partial charge in [0, 0.05) is 19.2 Å². The van der Waals surface area contributed by atoms with Crippen LogP contribution in [0, 0.1) is 12.8 Å². The summed E-state index contributed by atoms with van der Waals surface area (Å²) in [5.74, 6) is 1.77. The lowest BCUT2D eigenvalue weighted by molar-refractivity contribution is 0.0924. The number of nitrogens with one attached hydrogen (secondary N) is 2. The summed E-state index contributed by atoms with van der Waals surface area (Å²) in [4.78, 5) is 13.9. The first kappa shape index (κ1) is 15.8. The number of aliphatic hydroxyl groups excluding tert-OH is 1. The Morgan fingerprint density at radius 3 is 2.90 bits per heavy atom. The molecule has 0 bridgehead atoms. The Morgan fingerprint density at radius 2 is 2.29 bits per heavy atom. The number of amides is 2. The number of hydrogen-bond acceptors (Lipinski definition) is 5. The number of anilines is 1. The average Bonchev–Trinajstić information content (AvgIpc) is 2.84. The summed E-state index contributed by atoms with van der Waals surface area (Å²) >= 11 is 0. The maximum atomic E-state index is 11.6. The molecule has 0 aliphatic carbocycles. The minimum Gasteiger partial charge on any atom is -0.390 e. The van der Waals surface area contributed by atoms with E-state index >= 15 is 0 Å². The summed E-state index contributed by atoms with van der Waals surface area (Å²) in [6.07, 6.45) is 1.78. The number of β-amino-alcohol motifs (C(OH)–C–C–N with tert-alkyl or cyclic N) is 1. The molecule has 21 heavy (non-hydrogen) atoms. The second-order valence-corrected chi connectivity index (χ2v) is 5.79. The first-order valence-corrected chi connectivity index (χ1v) is 7.41. The number of hydrogen-bond donors (Lipinski definition) is 3. The molecule has 0 radical (unpaired) electrons. The molecule has 0 saturated carbocycles. The maximum Gasteiger partial charge on any atom is 0.320 e. The van der Waals surface area contributed by atoms with Gasteiger partial charge in [0.05, 0.1) is 6.10 Å². The Bertz CT molecular complexity index is 455. The SMILES string of the molecule is Cc1cc(NC(=O)NCC(O)CN2CCC(C)CC2)no1.